The van der Waals surface area contributed by atoms with Crippen LogP contribution < -0.4 is 0 Å². The maximum atomic E-state index is 4.48. The molecule has 0 spiro atoms. The maximum Gasteiger partial charge on any atom is 0.0845 e. The van der Waals surface area contributed by atoms with E-state index in [9.17, 15) is 0 Å². The molecular formula is C12H11NS. The monoisotopic (exact) mass is 201 g/mol. The lowest BCUT2D eigenvalue weighted by atomic mass is 10.0. The van der Waals surface area contributed by atoms with Crippen molar-refractivity contribution in [3.05, 3.63) is 40.2 Å². The molecule has 0 saturated carbocycles. The van der Waals surface area contributed by atoms with E-state index in [1.165, 1.54) is 41.0 Å². The van der Waals surface area contributed by atoms with Gasteiger partial charge in [-0.15, -0.1) is 11.3 Å². The van der Waals surface area contributed by atoms with Gasteiger partial charge in [0.05, 0.1) is 11.2 Å². The number of aryl methyl sites for hydroxylation is 2. The number of aromatic nitrogens is 1. The highest BCUT2D eigenvalue weighted by Gasteiger charge is 2.15. The Morgan fingerprint density at radius 2 is 2.07 bits per heavy atom. The number of thiazole rings is 1. The zero-order chi connectivity index (χ0) is 9.38. The first kappa shape index (κ1) is 8.18. The minimum absolute atomic E-state index is 1.19. The summed E-state index contributed by atoms with van der Waals surface area (Å²) >= 11 is 1.79. The van der Waals surface area contributed by atoms with Crippen molar-refractivity contribution in [2.24, 2.45) is 0 Å². The van der Waals surface area contributed by atoms with Crippen LogP contribution in [0, 0.1) is 0 Å². The van der Waals surface area contributed by atoms with Gasteiger partial charge in [0.25, 0.3) is 0 Å². The SMILES string of the molecule is c1ccc2c(c1)CCCc1scnc1-2. The van der Waals surface area contributed by atoms with Crippen molar-refractivity contribution in [3.8, 4) is 11.3 Å². The first-order valence-electron chi connectivity index (χ1n) is 4.96. The van der Waals surface area contributed by atoms with Crippen LogP contribution in [0.3, 0.4) is 0 Å². The Morgan fingerprint density at radius 1 is 1.14 bits per heavy atom. The van der Waals surface area contributed by atoms with Crippen LogP contribution in [-0.2, 0) is 12.8 Å². The molecule has 0 fully saturated rings. The van der Waals surface area contributed by atoms with Gasteiger partial charge in [0.2, 0.25) is 0 Å². The minimum Gasteiger partial charge on any atom is -0.244 e. The van der Waals surface area contributed by atoms with Crippen LogP contribution in [0.1, 0.15) is 16.9 Å². The Kier molecular flexibility index (Phi) is 1.88. The van der Waals surface area contributed by atoms with Crippen molar-refractivity contribution in [3.63, 3.8) is 0 Å². The van der Waals surface area contributed by atoms with E-state index in [1.807, 2.05) is 5.51 Å². The highest BCUT2D eigenvalue weighted by atomic mass is 32.1. The average molecular weight is 201 g/mol. The lowest BCUT2D eigenvalue weighted by molar-refractivity contribution is 0.843. The van der Waals surface area contributed by atoms with Crippen LogP contribution in [0.5, 0.6) is 0 Å². The molecule has 14 heavy (non-hydrogen) atoms. The van der Waals surface area contributed by atoms with E-state index in [-0.39, 0.29) is 0 Å². The molecule has 70 valence electrons. The molecule has 1 aromatic carbocycles. The van der Waals surface area contributed by atoms with E-state index in [0.29, 0.717) is 0 Å². The Balaban J connectivity index is 2.27. The third-order valence-electron chi connectivity index (χ3n) is 2.76. The summed E-state index contributed by atoms with van der Waals surface area (Å²) in [5, 5.41) is 0. The fourth-order valence-electron chi connectivity index (χ4n) is 2.08. The lowest BCUT2D eigenvalue weighted by Crippen LogP contribution is -1.86. The number of rotatable bonds is 0. The van der Waals surface area contributed by atoms with E-state index in [2.05, 4.69) is 29.2 Å². The van der Waals surface area contributed by atoms with Gasteiger partial charge in [0.1, 0.15) is 0 Å². The average Bonchev–Trinajstić information content (AvgIpc) is 2.61. The number of hydrogen-bond donors (Lipinski definition) is 0. The van der Waals surface area contributed by atoms with Crippen LogP contribution in [0.4, 0.5) is 0 Å². The van der Waals surface area contributed by atoms with Crippen molar-refractivity contribution in [2.45, 2.75) is 19.3 Å². The molecule has 2 aromatic rings. The summed E-state index contributed by atoms with van der Waals surface area (Å²) in [4.78, 5) is 5.93. The van der Waals surface area contributed by atoms with Crippen LogP contribution in [0.15, 0.2) is 29.8 Å². The quantitative estimate of drug-likeness (QED) is 0.637. The predicted molar refractivity (Wildman–Crippen MR) is 59.6 cm³/mol. The van der Waals surface area contributed by atoms with Gasteiger partial charge in [-0.2, -0.15) is 0 Å². The maximum absolute atomic E-state index is 4.48. The fourth-order valence-corrected chi connectivity index (χ4v) is 2.90. The Hall–Kier alpha value is -1.15. The van der Waals surface area contributed by atoms with E-state index >= 15 is 0 Å². The molecule has 0 N–H and O–H groups in total. The van der Waals surface area contributed by atoms with Crippen molar-refractivity contribution >= 4 is 11.3 Å². The summed E-state index contributed by atoms with van der Waals surface area (Å²) in [6.45, 7) is 0. The van der Waals surface area contributed by atoms with Crippen LogP contribution in [0.2, 0.25) is 0 Å². The van der Waals surface area contributed by atoms with Crippen LogP contribution in [-0.4, -0.2) is 4.98 Å². The van der Waals surface area contributed by atoms with Crippen molar-refractivity contribution < 1.29 is 0 Å². The molecule has 0 bridgehead atoms. The van der Waals surface area contributed by atoms with Gasteiger partial charge >= 0.3 is 0 Å². The number of nitrogens with zero attached hydrogens (tertiary/aromatic N) is 1. The molecule has 1 heterocycles. The Morgan fingerprint density at radius 3 is 3.07 bits per heavy atom. The second kappa shape index (κ2) is 3.21. The summed E-state index contributed by atoms with van der Waals surface area (Å²) in [5.74, 6) is 0. The summed E-state index contributed by atoms with van der Waals surface area (Å²) < 4.78 is 0. The molecule has 1 aromatic heterocycles. The van der Waals surface area contributed by atoms with Crippen molar-refractivity contribution in [1.82, 2.24) is 4.98 Å². The zero-order valence-electron chi connectivity index (χ0n) is 7.86. The molecule has 0 saturated heterocycles. The highest BCUT2D eigenvalue weighted by molar-refractivity contribution is 7.10. The fraction of sp³-hybridized carbons (Fsp3) is 0.250. The van der Waals surface area contributed by atoms with E-state index < -0.39 is 0 Å². The molecule has 0 aliphatic heterocycles. The van der Waals surface area contributed by atoms with Crippen molar-refractivity contribution in [1.29, 1.82) is 0 Å². The molecule has 0 radical (unpaired) electrons. The Labute approximate surface area is 87.4 Å². The van der Waals surface area contributed by atoms with Gasteiger partial charge < -0.3 is 0 Å². The van der Waals surface area contributed by atoms with Crippen molar-refractivity contribution in [2.75, 3.05) is 0 Å². The number of fused-ring (bicyclic) bond motifs is 3. The van der Waals surface area contributed by atoms with E-state index in [0.717, 1.165) is 0 Å². The predicted octanol–water partition coefficient (Wildman–Crippen LogP) is 3.30. The molecule has 1 nitrogen and oxygen atoms in total. The van der Waals surface area contributed by atoms with E-state index in [4.69, 9.17) is 0 Å². The molecule has 3 rings (SSSR count). The third-order valence-corrected chi connectivity index (χ3v) is 3.66. The van der Waals surface area contributed by atoms with Crippen LogP contribution in [0.25, 0.3) is 11.3 Å². The topological polar surface area (TPSA) is 12.9 Å². The first-order chi connectivity index (χ1) is 6.95. The molecular weight excluding hydrogens is 190 g/mol. The van der Waals surface area contributed by atoms with Gasteiger partial charge in [-0.25, -0.2) is 4.98 Å². The van der Waals surface area contributed by atoms with Crippen LogP contribution >= 0.6 is 11.3 Å². The molecule has 0 atom stereocenters. The van der Waals surface area contributed by atoms with E-state index in [1.54, 1.807) is 11.3 Å². The second-order valence-electron chi connectivity index (χ2n) is 3.63. The third kappa shape index (κ3) is 1.18. The largest absolute Gasteiger partial charge is 0.244 e. The molecule has 0 unspecified atom stereocenters. The first-order valence-corrected chi connectivity index (χ1v) is 5.84. The van der Waals surface area contributed by atoms with Gasteiger partial charge in [-0.3, -0.25) is 0 Å². The van der Waals surface area contributed by atoms with Gasteiger partial charge in [0.15, 0.2) is 0 Å². The number of hydrogen-bond acceptors (Lipinski definition) is 2. The summed E-state index contributed by atoms with van der Waals surface area (Å²) in [6, 6.07) is 8.65. The van der Waals surface area contributed by atoms with Gasteiger partial charge in [0, 0.05) is 10.4 Å². The summed E-state index contributed by atoms with van der Waals surface area (Å²) in [5.41, 5.74) is 5.99. The highest BCUT2D eigenvalue weighted by Crippen LogP contribution is 2.32. The van der Waals surface area contributed by atoms with Gasteiger partial charge in [-0.1, -0.05) is 24.3 Å². The Bertz CT molecular complexity index is 459. The second-order valence-corrected chi connectivity index (χ2v) is 4.57. The molecule has 0 amide bonds. The summed E-state index contributed by atoms with van der Waals surface area (Å²) in [6.07, 6.45) is 3.64. The van der Waals surface area contributed by atoms with Gasteiger partial charge in [-0.05, 0) is 24.8 Å². The normalized spacial score (nSPS) is 14.3. The standard InChI is InChI=1S/C12H11NS/c1-2-6-10-9(4-1)5-3-7-11-12(10)13-8-14-11/h1-2,4,6,8H,3,5,7H2. The zero-order valence-corrected chi connectivity index (χ0v) is 8.68. The summed E-state index contributed by atoms with van der Waals surface area (Å²) in [7, 11) is 0. The smallest absolute Gasteiger partial charge is 0.0845 e. The number of benzene rings is 1. The minimum atomic E-state index is 1.19. The lowest BCUT2D eigenvalue weighted by Gasteiger charge is -2.03. The molecule has 1 aliphatic rings. The molecule has 2 heteroatoms. The molecule has 1 aliphatic carbocycles.